The van der Waals surface area contributed by atoms with E-state index in [1.807, 2.05) is 13.8 Å². The summed E-state index contributed by atoms with van der Waals surface area (Å²) >= 11 is 0. The van der Waals surface area contributed by atoms with E-state index in [0.717, 1.165) is 0 Å². The van der Waals surface area contributed by atoms with Crippen molar-refractivity contribution in [2.45, 2.75) is 59.8 Å². The maximum atomic E-state index is 12.2. The van der Waals surface area contributed by atoms with E-state index in [0.29, 0.717) is 32.5 Å². The third-order valence-electron chi connectivity index (χ3n) is 3.07. The molecule has 0 N–H and O–H groups in total. The molecule has 0 heterocycles. The van der Waals surface area contributed by atoms with Crippen molar-refractivity contribution < 1.29 is 23.9 Å². The topological polar surface area (TPSA) is 69.7 Å². The van der Waals surface area contributed by atoms with Crippen molar-refractivity contribution in [2.24, 2.45) is 11.8 Å². The lowest BCUT2D eigenvalue weighted by molar-refractivity contribution is -0.143. The molecule has 0 aliphatic carbocycles. The first kappa shape index (κ1) is 19.6. The number of esters is 2. The lowest BCUT2D eigenvalue weighted by atomic mass is 9.89. The van der Waals surface area contributed by atoms with E-state index in [4.69, 9.17) is 9.47 Å². The Morgan fingerprint density at radius 1 is 0.857 bits per heavy atom. The second-order valence-electron chi connectivity index (χ2n) is 5.45. The van der Waals surface area contributed by atoms with E-state index < -0.39 is 0 Å². The van der Waals surface area contributed by atoms with E-state index in [1.54, 1.807) is 13.8 Å². The van der Waals surface area contributed by atoms with Crippen LogP contribution >= 0.6 is 0 Å². The molecule has 0 spiro atoms. The first-order chi connectivity index (χ1) is 9.90. The fourth-order valence-electron chi connectivity index (χ4n) is 2.09. The molecule has 5 heteroatoms. The van der Waals surface area contributed by atoms with Crippen molar-refractivity contribution >= 4 is 17.7 Å². The Morgan fingerprint density at radius 3 is 1.62 bits per heavy atom. The van der Waals surface area contributed by atoms with Gasteiger partial charge in [-0.3, -0.25) is 14.4 Å². The van der Waals surface area contributed by atoms with Gasteiger partial charge in [0, 0.05) is 25.2 Å². The van der Waals surface area contributed by atoms with Crippen molar-refractivity contribution in [3.05, 3.63) is 0 Å². The van der Waals surface area contributed by atoms with Gasteiger partial charge in [0.15, 0.2) is 0 Å². The standard InChI is InChI=1S/C16H28O5/c1-5-20-15(18)9-7-13(14(17)11-12(3)4)8-10-16(19)21-6-2/h12-13H,5-11H2,1-4H3. The van der Waals surface area contributed by atoms with Crippen LogP contribution in [0.3, 0.4) is 0 Å². The third kappa shape index (κ3) is 10.0. The largest absolute Gasteiger partial charge is 0.466 e. The lowest BCUT2D eigenvalue weighted by Gasteiger charge is -2.16. The second-order valence-corrected chi connectivity index (χ2v) is 5.45. The number of hydrogen-bond acceptors (Lipinski definition) is 5. The molecular weight excluding hydrogens is 272 g/mol. The van der Waals surface area contributed by atoms with Gasteiger partial charge in [0.25, 0.3) is 0 Å². The molecule has 0 unspecified atom stereocenters. The fraction of sp³-hybridized carbons (Fsp3) is 0.812. The maximum Gasteiger partial charge on any atom is 0.305 e. The summed E-state index contributed by atoms with van der Waals surface area (Å²) in [5.74, 6) is -0.489. The van der Waals surface area contributed by atoms with Crippen molar-refractivity contribution in [3.8, 4) is 0 Å². The molecule has 0 rings (SSSR count). The third-order valence-corrected chi connectivity index (χ3v) is 3.07. The number of ether oxygens (including phenoxy) is 2. The number of ketones is 1. The van der Waals surface area contributed by atoms with E-state index in [1.165, 1.54) is 0 Å². The minimum atomic E-state index is -0.295. The predicted octanol–water partition coefficient (Wildman–Crippen LogP) is 2.90. The Kier molecular flexibility index (Phi) is 10.5. The molecule has 0 fully saturated rings. The average Bonchev–Trinajstić information content (AvgIpc) is 2.38. The van der Waals surface area contributed by atoms with Crippen LogP contribution in [0.5, 0.6) is 0 Å². The lowest BCUT2D eigenvalue weighted by Crippen LogP contribution is -2.20. The number of rotatable bonds is 11. The minimum absolute atomic E-state index is 0.110. The average molecular weight is 300 g/mol. The van der Waals surface area contributed by atoms with Gasteiger partial charge in [-0.15, -0.1) is 0 Å². The molecule has 0 aliphatic heterocycles. The molecular formula is C16H28O5. The molecule has 21 heavy (non-hydrogen) atoms. The minimum Gasteiger partial charge on any atom is -0.466 e. The van der Waals surface area contributed by atoms with Crippen molar-refractivity contribution in [1.82, 2.24) is 0 Å². The summed E-state index contributed by atoms with van der Waals surface area (Å²) in [5, 5.41) is 0. The van der Waals surface area contributed by atoms with Crippen LogP contribution in [0.15, 0.2) is 0 Å². The summed E-state index contributed by atoms with van der Waals surface area (Å²) < 4.78 is 9.75. The van der Waals surface area contributed by atoms with Crippen LogP contribution in [-0.4, -0.2) is 30.9 Å². The summed E-state index contributed by atoms with van der Waals surface area (Å²) in [4.78, 5) is 35.0. The molecule has 0 aromatic rings. The molecule has 0 saturated carbocycles. The van der Waals surface area contributed by atoms with Gasteiger partial charge in [-0.25, -0.2) is 0 Å². The van der Waals surface area contributed by atoms with E-state index in [-0.39, 0.29) is 42.4 Å². The zero-order valence-corrected chi connectivity index (χ0v) is 13.6. The van der Waals surface area contributed by atoms with Crippen LogP contribution in [0, 0.1) is 11.8 Å². The SMILES string of the molecule is CCOC(=O)CCC(CCC(=O)OCC)C(=O)CC(C)C. The number of carbonyl (C=O) groups is 3. The highest BCUT2D eigenvalue weighted by atomic mass is 16.5. The van der Waals surface area contributed by atoms with Gasteiger partial charge in [0.05, 0.1) is 13.2 Å². The molecule has 0 amide bonds. The summed E-state index contributed by atoms with van der Waals surface area (Å²) in [5.41, 5.74) is 0. The Hall–Kier alpha value is -1.39. The van der Waals surface area contributed by atoms with E-state index >= 15 is 0 Å². The van der Waals surface area contributed by atoms with Crippen LogP contribution in [-0.2, 0) is 23.9 Å². The normalized spacial score (nSPS) is 10.8. The quantitative estimate of drug-likeness (QED) is 0.549. The van der Waals surface area contributed by atoms with Gasteiger partial charge in [-0.2, -0.15) is 0 Å². The number of carbonyl (C=O) groups excluding carboxylic acids is 3. The van der Waals surface area contributed by atoms with Crippen LogP contribution in [0.25, 0.3) is 0 Å². The predicted molar refractivity (Wildman–Crippen MR) is 79.7 cm³/mol. The van der Waals surface area contributed by atoms with E-state index in [9.17, 15) is 14.4 Å². The summed E-state index contributed by atoms with van der Waals surface area (Å²) in [6.07, 6.45) is 1.76. The summed E-state index contributed by atoms with van der Waals surface area (Å²) in [6.45, 7) is 8.13. The van der Waals surface area contributed by atoms with Crippen molar-refractivity contribution in [2.75, 3.05) is 13.2 Å². The molecule has 0 bridgehead atoms. The molecule has 122 valence electrons. The van der Waals surface area contributed by atoms with Gasteiger partial charge in [-0.1, -0.05) is 13.8 Å². The monoisotopic (exact) mass is 300 g/mol. The van der Waals surface area contributed by atoms with Crippen LogP contribution < -0.4 is 0 Å². The Morgan fingerprint density at radius 2 is 1.29 bits per heavy atom. The first-order valence-corrected chi connectivity index (χ1v) is 7.74. The summed E-state index contributed by atoms with van der Waals surface area (Å²) in [6, 6.07) is 0. The van der Waals surface area contributed by atoms with Crippen molar-refractivity contribution in [3.63, 3.8) is 0 Å². The molecule has 0 aliphatic rings. The highest BCUT2D eigenvalue weighted by Crippen LogP contribution is 2.20. The van der Waals surface area contributed by atoms with Gasteiger partial charge in [0.2, 0.25) is 0 Å². The Labute approximate surface area is 127 Å². The highest BCUT2D eigenvalue weighted by molar-refractivity contribution is 5.82. The first-order valence-electron chi connectivity index (χ1n) is 7.74. The molecule has 0 saturated heterocycles. The highest BCUT2D eigenvalue weighted by Gasteiger charge is 2.22. The maximum absolute atomic E-state index is 12.2. The number of Topliss-reactive ketones (excluding diaryl/α,β-unsaturated/α-hetero) is 1. The molecule has 0 radical (unpaired) electrons. The van der Waals surface area contributed by atoms with Gasteiger partial charge >= 0.3 is 11.9 Å². The van der Waals surface area contributed by atoms with E-state index in [2.05, 4.69) is 0 Å². The van der Waals surface area contributed by atoms with Gasteiger partial charge < -0.3 is 9.47 Å². The molecule has 5 nitrogen and oxygen atoms in total. The van der Waals surface area contributed by atoms with Gasteiger partial charge in [-0.05, 0) is 32.6 Å². The molecule has 0 aromatic carbocycles. The zero-order chi connectivity index (χ0) is 16.3. The summed E-state index contributed by atoms with van der Waals surface area (Å²) in [7, 11) is 0. The zero-order valence-electron chi connectivity index (χ0n) is 13.6. The Bertz CT molecular complexity index is 314. The second kappa shape index (κ2) is 11.3. The smallest absolute Gasteiger partial charge is 0.305 e. The number of hydrogen-bond donors (Lipinski definition) is 0. The van der Waals surface area contributed by atoms with Crippen LogP contribution in [0.1, 0.15) is 59.8 Å². The fourth-order valence-corrected chi connectivity index (χ4v) is 2.09. The Balaban J connectivity index is 4.43. The van der Waals surface area contributed by atoms with Crippen LogP contribution in [0.4, 0.5) is 0 Å². The molecule has 0 atom stereocenters. The molecule has 0 aromatic heterocycles. The van der Waals surface area contributed by atoms with Crippen molar-refractivity contribution in [1.29, 1.82) is 0 Å². The van der Waals surface area contributed by atoms with Crippen LogP contribution in [0.2, 0.25) is 0 Å². The van der Waals surface area contributed by atoms with Gasteiger partial charge in [0.1, 0.15) is 5.78 Å².